The van der Waals surface area contributed by atoms with Gasteiger partial charge in [-0.15, -0.1) is 0 Å². The summed E-state index contributed by atoms with van der Waals surface area (Å²) in [5, 5.41) is 10.3. The number of esters is 1. The Balaban J connectivity index is 3.27. The van der Waals surface area contributed by atoms with Crippen LogP contribution in [0.1, 0.15) is 18.6 Å². The van der Waals surface area contributed by atoms with Gasteiger partial charge in [-0.25, -0.2) is 0 Å². The molecule has 0 heterocycles. The quantitative estimate of drug-likeness (QED) is 0.799. The van der Waals surface area contributed by atoms with Gasteiger partial charge in [0.05, 0.1) is 40.5 Å². The SMILES string of the molecule is COC(=O)C(C)C(O)c1ccc(OC)c(OC)c1OC. The van der Waals surface area contributed by atoms with Crippen LogP contribution in [-0.2, 0) is 9.53 Å². The number of ether oxygens (including phenoxy) is 4. The molecule has 0 aliphatic carbocycles. The Morgan fingerprint density at radius 2 is 1.65 bits per heavy atom. The van der Waals surface area contributed by atoms with E-state index in [1.807, 2.05) is 0 Å². The molecule has 1 aromatic carbocycles. The molecule has 6 nitrogen and oxygen atoms in total. The molecule has 2 unspecified atom stereocenters. The van der Waals surface area contributed by atoms with Crippen molar-refractivity contribution >= 4 is 5.97 Å². The van der Waals surface area contributed by atoms with Gasteiger partial charge >= 0.3 is 5.97 Å². The lowest BCUT2D eigenvalue weighted by molar-refractivity contribution is -0.148. The second-order valence-electron chi connectivity index (χ2n) is 4.18. The molecule has 1 N–H and O–H groups in total. The minimum absolute atomic E-state index is 0.329. The van der Waals surface area contributed by atoms with E-state index < -0.39 is 18.0 Å². The minimum atomic E-state index is -1.07. The summed E-state index contributed by atoms with van der Waals surface area (Å²) < 4.78 is 20.3. The smallest absolute Gasteiger partial charge is 0.311 e. The minimum Gasteiger partial charge on any atom is -0.493 e. The van der Waals surface area contributed by atoms with E-state index in [4.69, 9.17) is 14.2 Å². The number of carbonyl (C=O) groups excluding carboxylic acids is 1. The number of hydrogen-bond donors (Lipinski definition) is 1. The van der Waals surface area contributed by atoms with E-state index >= 15 is 0 Å². The maximum absolute atomic E-state index is 11.5. The van der Waals surface area contributed by atoms with Crippen molar-refractivity contribution in [3.8, 4) is 17.2 Å². The van der Waals surface area contributed by atoms with Gasteiger partial charge in [0.25, 0.3) is 0 Å². The lowest BCUT2D eigenvalue weighted by Crippen LogP contribution is -2.21. The number of methoxy groups -OCH3 is 4. The number of hydrogen-bond acceptors (Lipinski definition) is 6. The van der Waals surface area contributed by atoms with E-state index in [9.17, 15) is 9.90 Å². The molecule has 0 aliphatic heterocycles. The van der Waals surface area contributed by atoms with Crippen LogP contribution >= 0.6 is 0 Å². The third-order valence-electron chi connectivity index (χ3n) is 3.10. The van der Waals surface area contributed by atoms with E-state index in [-0.39, 0.29) is 0 Å². The molecule has 0 fully saturated rings. The molecule has 0 bridgehead atoms. The van der Waals surface area contributed by atoms with Gasteiger partial charge in [-0.05, 0) is 19.1 Å². The highest BCUT2D eigenvalue weighted by molar-refractivity contribution is 5.73. The highest BCUT2D eigenvalue weighted by atomic mass is 16.5. The molecule has 1 aromatic rings. The summed E-state index contributed by atoms with van der Waals surface area (Å²) in [6.07, 6.45) is -1.07. The van der Waals surface area contributed by atoms with Crippen LogP contribution in [0.2, 0.25) is 0 Å². The van der Waals surface area contributed by atoms with Crippen molar-refractivity contribution in [3.63, 3.8) is 0 Å². The monoisotopic (exact) mass is 284 g/mol. The van der Waals surface area contributed by atoms with Crippen LogP contribution in [-0.4, -0.2) is 39.5 Å². The van der Waals surface area contributed by atoms with E-state index in [0.717, 1.165) is 0 Å². The zero-order valence-electron chi connectivity index (χ0n) is 12.3. The summed E-state index contributed by atoms with van der Waals surface area (Å²) in [5.41, 5.74) is 0.433. The fraction of sp³-hybridized carbons (Fsp3) is 0.500. The van der Waals surface area contributed by atoms with Gasteiger partial charge in [-0.3, -0.25) is 4.79 Å². The molecule has 112 valence electrons. The van der Waals surface area contributed by atoms with Gasteiger partial charge in [0.2, 0.25) is 5.75 Å². The van der Waals surface area contributed by atoms with Gasteiger partial charge in [0.15, 0.2) is 11.5 Å². The lowest BCUT2D eigenvalue weighted by atomic mass is 9.96. The Morgan fingerprint density at radius 3 is 2.10 bits per heavy atom. The number of aliphatic hydroxyl groups is 1. The summed E-state index contributed by atoms with van der Waals surface area (Å²) in [6.45, 7) is 1.58. The molecule has 0 radical (unpaired) electrons. The topological polar surface area (TPSA) is 74.2 Å². The molecule has 20 heavy (non-hydrogen) atoms. The van der Waals surface area contributed by atoms with E-state index in [2.05, 4.69) is 4.74 Å². The van der Waals surface area contributed by atoms with Crippen molar-refractivity contribution in [2.45, 2.75) is 13.0 Å². The van der Waals surface area contributed by atoms with Crippen LogP contribution in [0.4, 0.5) is 0 Å². The number of carbonyl (C=O) groups is 1. The predicted molar refractivity (Wildman–Crippen MR) is 72.2 cm³/mol. The van der Waals surface area contributed by atoms with Crippen LogP contribution in [0.25, 0.3) is 0 Å². The standard InChI is InChI=1S/C14H20O6/c1-8(14(16)20-5)11(15)9-6-7-10(17-2)13(19-4)12(9)18-3/h6-8,11,15H,1-5H3. The molecule has 0 saturated heterocycles. The Labute approximate surface area is 118 Å². The molecule has 0 aromatic heterocycles. The van der Waals surface area contributed by atoms with Crippen molar-refractivity contribution in [3.05, 3.63) is 17.7 Å². The maximum Gasteiger partial charge on any atom is 0.311 e. The molecule has 0 spiro atoms. The first kappa shape index (κ1) is 16.1. The summed E-state index contributed by atoms with van der Waals surface area (Å²) in [4.78, 5) is 11.5. The molecule has 0 saturated carbocycles. The Morgan fingerprint density at radius 1 is 1.05 bits per heavy atom. The van der Waals surface area contributed by atoms with E-state index in [1.54, 1.807) is 19.1 Å². The summed E-state index contributed by atoms with van der Waals surface area (Å²) in [7, 11) is 5.71. The highest BCUT2D eigenvalue weighted by Gasteiger charge is 2.29. The largest absolute Gasteiger partial charge is 0.493 e. The van der Waals surface area contributed by atoms with Crippen molar-refractivity contribution in [2.75, 3.05) is 28.4 Å². The number of benzene rings is 1. The number of aliphatic hydroxyl groups excluding tert-OH is 1. The van der Waals surface area contributed by atoms with Gasteiger partial charge in [-0.2, -0.15) is 0 Å². The predicted octanol–water partition coefficient (Wildman–Crippen LogP) is 1.55. The normalized spacial score (nSPS) is 13.3. The number of rotatable bonds is 6. The van der Waals surface area contributed by atoms with Gasteiger partial charge in [0, 0.05) is 5.56 Å². The fourth-order valence-corrected chi connectivity index (χ4v) is 1.94. The third-order valence-corrected chi connectivity index (χ3v) is 3.10. The highest BCUT2D eigenvalue weighted by Crippen LogP contribution is 2.43. The van der Waals surface area contributed by atoms with Crippen LogP contribution in [0.3, 0.4) is 0 Å². The van der Waals surface area contributed by atoms with Crippen LogP contribution in [0.15, 0.2) is 12.1 Å². The van der Waals surface area contributed by atoms with Crippen molar-refractivity contribution in [1.29, 1.82) is 0 Å². The van der Waals surface area contributed by atoms with E-state index in [1.165, 1.54) is 28.4 Å². The van der Waals surface area contributed by atoms with Crippen molar-refractivity contribution < 1.29 is 28.8 Å². The average molecular weight is 284 g/mol. The van der Waals surface area contributed by atoms with Crippen LogP contribution in [0.5, 0.6) is 17.2 Å². The maximum atomic E-state index is 11.5. The van der Waals surface area contributed by atoms with E-state index in [0.29, 0.717) is 22.8 Å². The average Bonchev–Trinajstić information content (AvgIpc) is 2.50. The van der Waals surface area contributed by atoms with Crippen LogP contribution < -0.4 is 14.2 Å². The second kappa shape index (κ2) is 7.00. The van der Waals surface area contributed by atoms with Gasteiger partial charge in [0.1, 0.15) is 0 Å². The molecule has 0 aliphatic rings. The van der Waals surface area contributed by atoms with Gasteiger partial charge < -0.3 is 24.1 Å². The first-order valence-corrected chi connectivity index (χ1v) is 6.06. The van der Waals surface area contributed by atoms with Crippen molar-refractivity contribution in [2.24, 2.45) is 5.92 Å². The molecule has 0 amide bonds. The Kier molecular flexibility index (Phi) is 5.64. The molecule has 2 atom stereocenters. The summed E-state index contributed by atoms with van der Waals surface area (Å²) >= 11 is 0. The first-order valence-electron chi connectivity index (χ1n) is 6.06. The molecule has 6 heteroatoms. The zero-order valence-corrected chi connectivity index (χ0v) is 12.3. The summed E-state index contributed by atoms with van der Waals surface area (Å²) in [5.74, 6) is -0.0638. The first-order chi connectivity index (χ1) is 9.51. The third kappa shape index (κ3) is 2.96. The fourth-order valence-electron chi connectivity index (χ4n) is 1.94. The zero-order chi connectivity index (χ0) is 15.3. The molecular formula is C14H20O6. The summed E-state index contributed by atoms with van der Waals surface area (Å²) in [6, 6.07) is 3.27. The van der Waals surface area contributed by atoms with Crippen molar-refractivity contribution in [1.82, 2.24) is 0 Å². The van der Waals surface area contributed by atoms with Crippen LogP contribution in [0, 0.1) is 5.92 Å². The molecular weight excluding hydrogens is 264 g/mol. The second-order valence-corrected chi connectivity index (χ2v) is 4.18. The molecule has 1 rings (SSSR count). The lowest BCUT2D eigenvalue weighted by Gasteiger charge is -2.21. The van der Waals surface area contributed by atoms with Gasteiger partial charge in [-0.1, -0.05) is 0 Å². The Hall–Kier alpha value is -1.95. The Bertz CT molecular complexity index is 471.